The van der Waals surface area contributed by atoms with Gasteiger partial charge in [0.1, 0.15) is 5.82 Å². The van der Waals surface area contributed by atoms with Crippen LogP contribution in [-0.2, 0) is 6.42 Å². The van der Waals surface area contributed by atoms with Crippen molar-refractivity contribution in [2.75, 3.05) is 4.90 Å². The van der Waals surface area contributed by atoms with E-state index in [1.54, 1.807) is 12.1 Å². The van der Waals surface area contributed by atoms with E-state index in [-0.39, 0.29) is 5.56 Å². The Morgan fingerprint density at radius 1 is 1.30 bits per heavy atom. The van der Waals surface area contributed by atoms with Gasteiger partial charge in [0, 0.05) is 17.9 Å². The molecule has 4 heteroatoms. The standard InChI is InChI=1S/C16H16N2O2/c1-11-6-7-12-4-2-3-5-14(12)18(11)15-9-8-13(10-17-15)16(19)20/h2-5,8-11H,6-7H2,1H3,(H,19,20). The first-order valence-electron chi connectivity index (χ1n) is 6.73. The van der Waals surface area contributed by atoms with E-state index in [2.05, 4.69) is 28.9 Å². The molecule has 3 rings (SSSR count). The van der Waals surface area contributed by atoms with Crippen molar-refractivity contribution < 1.29 is 9.90 Å². The molecular formula is C16H16N2O2. The smallest absolute Gasteiger partial charge is 0.337 e. The number of aryl methyl sites for hydroxylation is 1. The molecule has 1 aliphatic rings. The van der Waals surface area contributed by atoms with Gasteiger partial charge in [0.05, 0.1) is 5.56 Å². The van der Waals surface area contributed by atoms with E-state index in [9.17, 15) is 4.79 Å². The summed E-state index contributed by atoms with van der Waals surface area (Å²) in [5, 5.41) is 8.94. The molecule has 1 aromatic heterocycles. The maximum atomic E-state index is 10.9. The van der Waals surface area contributed by atoms with Crippen LogP contribution in [0.3, 0.4) is 0 Å². The first-order chi connectivity index (χ1) is 9.66. The van der Waals surface area contributed by atoms with Crippen LogP contribution in [0, 0.1) is 0 Å². The first kappa shape index (κ1) is 12.7. The van der Waals surface area contributed by atoms with Crippen molar-refractivity contribution in [2.45, 2.75) is 25.8 Å². The fraction of sp³-hybridized carbons (Fsp3) is 0.250. The minimum absolute atomic E-state index is 0.215. The average molecular weight is 268 g/mol. The van der Waals surface area contributed by atoms with Gasteiger partial charge in [-0.2, -0.15) is 0 Å². The molecule has 1 atom stereocenters. The number of rotatable bonds is 2. The van der Waals surface area contributed by atoms with Crippen LogP contribution < -0.4 is 4.90 Å². The van der Waals surface area contributed by atoms with Gasteiger partial charge < -0.3 is 10.0 Å². The molecule has 1 aliphatic heterocycles. The van der Waals surface area contributed by atoms with Crippen molar-refractivity contribution >= 4 is 17.5 Å². The topological polar surface area (TPSA) is 53.4 Å². The molecule has 1 aromatic carbocycles. The predicted molar refractivity (Wildman–Crippen MR) is 77.6 cm³/mol. The number of nitrogens with zero attached hydrogens (tertiary/aromatic N) is 2. The van der Waals surface area contributed by atoms with Crippen LogP contribution in [0.1, 0.15) is 29.3 Å². The van der Waals surface area contributed by atoms with Crippen molar-refractivity contribution in [1.29, 1.82) is 0 Å². The Labute approximate surface area is 117 Å². The summed E-state index contributed by atoms with van der Waals surface area (Å²) in [5.74, 6) is -0.147. The number of aromatic nitrogens is 1. The summed E-state index contributed by atoms with van der Waals surface area (Å²) < 4.78 is 0. The van der Waals surface area contributed by atoms with Gasteiger partial charge in [0.2, 0.25) is 0 Å². The van der Waals surface area contributed by atoms with E-state index in [0.717, 1.165) is 18.7 Å². The van der Waals surface area contributed by atoms with Crippen LogP contribution >= 0.6 is 0 Å². The van der Waals surface area contributed by atoms with Crippen LogP contribution in [0.25, 0.3) is 0 Å². The van der Waals surface area contributed by atoms with E-state index in [1.165, 1.54) is 17.4 Å². The van der Waals surface area contributed by atoms with E-state index in [4.69, 9.17) is 5.11 Å². The molecule has 1 N–H and O–H groups in total. The zero-order valence-electron chi connectivity index (χ0n) is 11.3. The lowest BCUT2D eigenvalue weighted by atomic mass is 9.96. The van der Waals surface area contributed by atoms with Gasteiger partial charge in [-0.1, -0.05) is 18.2 Å². The summed E-state index contributed by atoms with van der Waals surface area (Å²) in [7, 11) is 0. The normalized spacial score (nSPS) is 17.6. The number of hydrogen-bond donors (Lipinski definition) is 1. The SMILES string of the molecule is CC1CCc2ccccc2N1c1ccc(C(=O)O)cn1. The molecule has 0 fully saturated rings. The quantitative estimate of drug-likeness (QED) is 0.908. The van der Waals surface area contributed by atoms with Gasteiger partial charge in [0.15, 0.2) is 0 Å². The van der Waals surface area contributed by atoms with Crippen molar-refractivity contribution in [3.05, 3.63) is 53.7 Å². The van der Waals surface area contributed by atoms with Gasteiger partial charge in [-0.05, 0) is 43.5 Å². The second kappa shape index (κ2) is 4.96. The molecule has 2 aromatic rings. The first-order valence-corrected chi connectivity index (χ1v) is 6.73. The molecule has 0 spiro atoms. The van der Waals surface area contributed by atoms with Crippen LogP contribution in [0.15, 0.2) is 42.6 Å². The summed E-state index contributed by atoms with van der Waals surface area (Å²) in [6.45, 7) is 2.17. The third-order valence-electron chi connectivity index (χ3n) is 3.77. The summed E-state index contributed by atoms with van der Waals surface area (Å²) in [6.07, 6.45) is 3.56. The largest absolute Gasteiger partial charge is 0.478 e. The lowest BCUT2D eigenvalue weighted by Crippen LogP contribution is -2.33. The zero-order chi connectivity index (χ0) is 14.1. The average Bonchev–Trinajstić information content (AvgIpc) is 2.47. The summed E-state index contributed by atoms with van der Waals surface area (Å²) in [5.41, 5.74) is 2.70. The molecule has 0 saturated heterocycles. The van der Waals surface area contributed by atoms with E-state index in [0.29, 0.717) is 6.04 Å². The van der Waals surface area contributed by atoms with Crippen molar-refractivity contribution in [1.82, 2.24) is 4.98 Å². The van der Waals surface area contributed by atoms with Crippen molar-refractivity contribution in [3.8, 4) is 0 Å². The van der Waals surface area contributed by atoms with Gasteiger partial charge in [-0.15, -0.1) is 0 Å². The van der Waals surface area contributed by atoms with Crippen LogP contribution in [0.5, 0.6) is 0 Å². The highest BCUT2D eigenvalue weighted by Crippen LogP contribution is 2.35. The Morgan fingerprint density at radius 2 is 2.10 bits per heavy atom. The molecular weight excluding hydrogens is 252 g/mol. The maximum Gasteiger partial charge on any atom is 0.337 e. The van der Waals surface area contributed by atoms with E-state index < -0.39 is 5.97 Å². The van der Waals surface area contributed by atoms with Crippen LogP contribution in [0.4, 0.5) is 11.5 Å². The Kier molecular flexibility index (Phi) is 3.14. The Hall–Kier alpha value is -2.36. The van der Waals surface area contributed by atoms with Crippen LogP contribution in [-0.4, -0.2) is 22.1 Å². The molecule has 2 heterocycles. The summed E-state index contributed by atoms with van der Waals surface area (Å²) in [4.78, 5) is 17.4. The number of hydrogen-bond acceptors (Lipinski definition) is 3. The van der Waals surface area contributed by atoms with E-state index in [1.807, 2.05) is 12.1 Å². The highest BCUT2D eigenvalue weighted by atomic mass is 16.4. The van der Waals surface area contributed by atoms with Crippen LogP contribution in [0.2, 0.25) is 0 Å². The fourth-order valence-corrected chi connectivity index (χ4v) is 2.69. The third-order valence-corrected chi connectivity index (χ3v) is 3.77. The Morgan fingerprint density at radius 3 is 2.80 bits per heavy atom. The third kappa shape index (κ3) is 2.13. The minimum Gasteiger partial charge on any atom is -0.478 e. The molecule has 102 valence electrons. The highest BCUT2D eigenvalue weighted by Gasteiger charge is 2.24. The number of aromatic carboxylic acids is 1. The lowest BCUT2D eigenvalue weighted by molar-refractivity contribution is 0.0696. The summed E-state index contributed by atoms with van der Waals surface area (Å²) >= 11 is 0. The Balaban J connectivity index is 2.02. The summed E-state index contributed by atoms with van der Waals surface area (Å²) in [6, 6.07) is 12.0. The van der Waals surface area contributed by atoms with Gasteiger partial charge in [-0.3, -0.25) is 0 Å². The number of benzene rings is 1. The predicted octanol–water partition coefficient (Wildman–Crippen LogP) is 3.25. The van der Waals surface area contributed by atoms with Crippen molar-refractivity contribution in [3.63, 3.8) is 0 Å². The van der Waals surface area contributed by atoms with E-state index >= 15 is 0 Å². The molecule has 0 amide bonds. The lowest BCUT2D eigenvalue weighted by Gasteiger charge is -2.36. The number of fused-ring (bicyclic) bond motifs is 1. The van der Waals surface area contributed by atoms with Gasteiger partial charge in [-0.25, -0.2) is 9.78 Å². The molecule has 0 bridgehead atoms. The maximum absolute atomic E-state index is 10.9. The monoisotopic (exact) mass is 268 g/mol. The second-order valence-corrected chi connectivity index (χ2v) is 5.10. The molecule has 1 unspecified atom stereocenters. The minimum atomic E-state index is -0.948. The fourth-order valence-electron chi connectivity index (χ4n) is 2.69. The number of carboxylic acid groups (broad SMARTS) is 1. The molecule has 4 nitrogen and oxygen atoms in total. The molecule has 0 aliphatic carbocycles. The zero-order valence-corrected chi connectivity index (χ0v) is 11.3. The number of pyridine rings is 1. The Bertz CT molecular complexity index is 637. The molecule has 0 radical (unpaired) electrons. The van der Waals surface area contributed by atoms with Gasteiger partial charge in [0.25, 0.3) is 0 Å². The number of carbonyl (C=O) groups is 1. The molecule has 20 heavy (non-hydrogen) atoms. The second-order valence-electron chi connectivity index (χ2n) is 5.10. The van der Waals surface area contributed by atoms with Gasteiger partial charge >= 0.3 is 5.97 Å². The van der Waals surface area contributed by atoms with Crippen molar-refractivity contribution in [2.24, 2.45) is 0 Å². The highest BCUT2D eigenvalue weighted by molar-refractivity contribution is 5.87. The molecule has 0 saturated carbocycles. The number of anilines is 2. The number of carboxylic acids is 1. The number of para-hydroxylation sites is 1.